The molecule has 1 aliphatic rings. The van der Waals surface area contributed by atoms with Gasteiger partial charge in [-0.1, -0.05) is 0 Å². The Morgan fingerprint density at radius 3 is 2.84 bits per heavy atom. The van der Waals surface area contributed by atoms with Crippen LogP contribution in [0.15, 0.2) is 18.6 Å². The number of fused-ring (bicyclic) bond motifs is 1. The van der Waals surface area contributed by atoms with Crippen molar-refractivity contribution < 1.29 is 14.9 Å². The molecule has 7 nitrogen and oxygen atoms in total. The molecule has 0 saturated carbocycles. The van der Waals surface area contributed by atoms with E-state index < -0.39 is 24.5 Å². The van der Waals surface area contributed by atoms with Gasteiger partial charge in [-0.3, -0.25) is 0 Å². The quantitative estimate of drug-likeness (QED) is 0.663. The van der Waals surface area contributed by atoms with E-state index in [4.69, 9.17) is 22.1 Å². The van der Waals surface area contributed by atoms with Crippen LogP contribution in [0.5, 0.6) is 0 Å². The molecular formula is C11H13ClN4O3. The van der Waals surface area contributed by atoms with E-state index in [1.54, 1.807) is 16.8 Å². The zero-order valence-electron chi connectivity index (χ0n) is 9.85. The summed E-state index contributed by atoms with van der Waals surface area (Å²) in [5.74, 6) is 0.455. The van der Waals surface area contributed by atoms with Crippen molar-refractivity contribution in [2.24, 2.45) is 0 Å². The van der Waals surface area contributed by atoms with E-state index in [2.05, 4.69) is 9.97 Å². The maximum atomic E-state index is 10.0. The Labute approximate surface area is 113 Å². The number of aromatic nitrogens is 3. The van der Waals surface area contributed by atoms with Crippen molar-refractivity contribution in [3.63, 3.8) is 0 Å². The number of alkyl halides is 1. The second kappa shape index (κ2) is 4.61. The number of ether oxygens (including phenoxy) is 1. The summed E-state index contributed by atoms with van der Waals surface area (Å²) in [6, 6.07) is 1.74. The highest BCUT2D eigenvalue weighted by Crippen LogP contribution is 2.32. The molecule has 0 aliphatic carbocycles. The fraction of sp³-hybridized carbons (Fsp3) is 0.455. The van der Waals surface area contributed by atoms with E-state index >= 15 is 0 Å². The number of hydrogen-bond donors (Lipinski definition) is 3. The number of aliphatic hydroxyl groups excluding tert-OH is 2. The van der Waals surface area contributed by atoms with E-state index in [-0.39, 0.29) is 5.88 Å². The maximum Gasteiger partial charge on any atom is 0.164 e. The lowest BCUT2D eigenvalue weighted by Crippen LogP contribution is -2.32. The Morgan fingerprint density at radius 2 is 2.16 bits per heavy atom. The molecule has 2 aromatic rings. The molecule has 0 aromatic carbocycles. The van der Waals surface area contributed by atoms with Crippen LogP contribution in [0.4, 0.5) is 5.82 Å². The van der Waals surface area contributed by atoms with Crippen LogP contribution in [0.25, 0.3) is 11.0 Å². The zero-order valence-corrected chi connectivity index (χ0v) is 10.6. The maximum absolute atomic E-state index is 10.0. The fourth-order valence-electron chi connectivity index (χ4n) is 2.28. The largest absolute Gasteiger partial charge is 0.387 e. The molecule has 1 saturated heterocycles. The second-order valence-electron chi connectivity index (χ2n) is 4.42. The molecule has 8 heteroatoms. The summed E-state index contributed by atoms with van der Waals surface area (Å²) in [6.07, 6.45) is -0.434. The summed E-state index contributed by atoms with van der Waals surface area (Å²) in [4.78, 5) is 8.01. The monoisotopic (exact) mass is 284 g/mol. The fourth-order valence-corrected chi connectivity index (χ4v) is 2.54. The molecular weight excluding hydrogens is 272 g/mol. The summed E-state index contributed by atoms with van der Waals surface area (Å²) in [6.45, 7) is 0. The van der Waals surface area contributed by atoms with Gasteiger partial charge in [0.1, 0.15) is 36.1 Å². The van der Waals surface area contributed by atoms with Crippen molar-refractivity contribution in [3.05, 3.63) is 18.6 Å². The lowest BCUT2D eigenvalue weighted by atomic mass is 10.1. The van der Waals surface area contributed by atoms with Gasteiger partial charge in [0, 0.05) is 6.20 Å². The second-order valence-corrected chi connectivity index (χ2v) is 4.73. The van der Waals surface area contributed by atoms with Gasteiger partial charge in [-0.2, -0.15) is 0 Å². The summed E-state index contributed by atoms with van der Waals surface area (Å²) in [5, 5.41) is 20.5. The normalized spacial score (nSPS) is 31.1. The van der Waals surface area contributed by atoms with Gasteiger partial charge in [0.15, 0.2) is 6.23 Å². The van der Waals surface area contributed by atoms with Gasteiger partial charge in [-0.05, 0) is 6.07 Å². The van der Waals surface area contributed by atoms with Crippen molar-refractivity contribution in [1.82, 2.24) is 14.5 Å². The SMILES string of the molecule is Nc1ncnc2c1ccn2C1OC(CCl)C(O)C1O. The lowest BCUT2D eigenvalue weighted by Gasteiger charge is -2.17. The minimum Gasteiger partial charge on any atom is -0.387 e. The van der Waals surface area contributed by atoms with Gasteiger partial charge in [0.2, 0.25) is 0 Å². The van der Waals surface area contributed by atoms with Crippen LogP contribution in [-0.2, 0) is 4.74 Å². The number of anilines is 1. The van der Waals surface area contributed by atoms with Crippen molar-refractivity contribution in [3.8, 4) is 0 Å². The standard InChI is InChI=1S/C11H13ClN4O3/c12-3-6-7(17)8(18)11(19-6)16-2-1-5-9(13)14-4-15-10(5)16/h1-2,4,6-8,11,17-18H,3H2,(H2,13,14,15). The predicted octanol–water partition coefficient (Wildman–Crippen LogP) is -0.129. The van der Waals surface area contributed by atoms with E-state index in [0.29, 0.717) is 16.9 Å². The third-order valence-corrected chi connectivity index (χ3v) is 3.61. The van der Waals surface area contributed by atoms with Crippen LogP contribution in [0.3, 0.4) is 0 Å². The number of nitrogens with two attached hydrogens (primary N) is 1. The van der Waals surface area contributed by atoms with Crippen LogP contribution in [-0.4, -0.2) is 48.9 Å². The third kappa shape index (κ3) is 1.86. The van der Waals surface area contributed by atoms with Crippen LogP contribution in [0, 0.1) is 0 Å². The van der Waals surface area contributed by atoms with Crippen molar-refractivity contribution in [2.45, 2.75) is 24.5 Å². The summed E-state index contributed by atoms with van der Waals surface area (Å²) < 4.78 is 7.18. The summed E-state index contributed by atoms with van der Waals surface area (Å²) in [7, 11) is 0. The van der Waals surface area contributed by atoms with Crippen LogP contribution in [0.1, 0.15) is 6.23 Å². The molecule has 0 radical (unpaired) electrons. The molecule has 4 N–H and O–H groups in total. The Bertz CT molecular complexity index is 605. The number of rotatable bonds is 2. The first-order valence-electron chi connectivity index (χ1n) is 5.78. The first kappa shape index (κ1) is 12.6. The minimum absolute atomic E-state index is 0.102. The lowest BCUT2D eigenvalue weighted by molar-refractivity contribution is -0.0288. The van der Waals surface area contributed by atoms with E-state index in [1.165, 1.54) is 6.33 Å². The number of nitrogens with zero attached hydrogens (tertiary/aromatic N) is 3. The molecule has 1 aliphatic heterocycles. The van der Waals surface area contributed by atoms with Crippen LogP contribution in [0.2, 0.25) is 0 Å². The highest BCUT2D eigenvalue weighted by atomic mass is 35.5. The Balaban J connectivity index is 2.04. The van der Waals surface area contributed by atoms with E-state index in [0.717, 1.165) is 0 Å². The average Bonchev–Trinajstić information content (AvgIpc) is 2.94. The van der Waals surface area contributed by atoms with Gasteiger partial charge in [0.25, 0.3) is 0 Å². The van der Waals surface area contributed by atoms with E-state index in [1.807, 2.05) is 0 Å². The van der Waals surface area contributed by atoms with Crippen LogP contribution >= 0.6 is 11.6 Å². The summed E-state index contributed by atoms with van der Waals surface area (Å²) in [5.41, 5.74) is 6.29. The van der Waals surface area contributed by atoms with Crippen molar-refractivity contribution >= 4 is 28.5 Å². The summed E-state index contributed by atoms with van der Waals surface area (Å²) >= 11 is 5.69. The molecule has 2 aromatic heterocycles. The van der Waals surface area contributed by atoms with Crippen LogP contribution < -0.4 is 5.73 Å². The minimum atomic E-state index is -1.07. The van der Waals surface area contributed by atoms with Gasteiger partial charge >= 0.3 is 0 Å². The molecule has 1 fully saturated rings. The molecule has 4 atom stereocenters. The molecule has 3 heterocycles. The molecule has 102 valence electrons. The number of hydrogen-bond acceptors (Lipinski definition) is 6. The first-order valence-corrected chi connectivity index (χ1v) is 6.31. The number of halogens is 1. The topological polar surface area (TPSA) is 106 Å². The molecule has 4 unspecified atom stereocenters. The number of aliphatic hydroxyl groups is 2. The van der Waals surface area contributed by atoms with Gasteiger partial charge in [-0.15, -0.1) is 11.6 Å². The Hall–Kier alpha value is -1.41. The number of nitrogen functional groups attached to an aromatic ring is 1. The highest BCUT2D eigenvalue weighted by Gasteiger charge is 2.43. The predicted molar refractivity (Wildman–Crippen MR) is 68.6 cm³/mol. The zero-order chi connectivity index (χ0) is 13.6. The smallest absolute Gasteiger partial charge is 0.164 e. The molecule has 0 bridgehead atoms. The Kier molecular flexibility index (Phi) is 3.06. The molecule has 19 heavy (non-hydrogen) atoms. The van der Waals surface area contributed by atoms with Gasteiger partial charge in [-0.25, -0.2) is 9.97 Å². The van der Waals surface area contributed by atoms with Gasteiger partial charge in [0.05, 0.1) is 11.3 Å². The van der Waals surface area contributed by atoms with E-state index in [9.17, 15) is 10.2 Å². The highest BCUT2D eigenvalue weighted by molar-refractivity contribution is 6.18. The first-order chi connectivity index (χ1) is 9.13. The molecule has 3 rings (SSSR count). The van der Waals surface area contributed by atoms with Crippen molar-refractivity contribution in [1.29, 1.82) is 0 Å². The third-order valence-electron chi connectivity index (χ3n) is 3.30. The molecule has 0 amide bonds. The van der Waals surface area contributed by atoms with Crippen molar-refractivity contribution in [2.75, 3.05) is 11.6 Å². The Morgan fingerprint density at radius 1 is 1.37 bits per heavy atom. The average molecular weight is 285 g/mol. The molecule has 0 spiro atoms. The van der Waals surface area contributed by atoms with Gasteiger partial charge < -0.3 is 25.3 Å².